The number of nitrogens with two attached hydrogens (primary N) is 1. The summed E-state index contributed by atoms with van der Waals surface area (Å²) < 4.78 is 30.7. The Morgan fingerprint density at radius 1 is 1.35 bits per heavy atom. The molecule has 0 saturated heterocycles. The summed E-state index contributed by atoms with van der Waals surface area (Å²) in [5.41, 5.74) is 6.36. The lowest BCUT2D eigenvalue weighted by Crippen LogP contribution is -2.50. The van der Waals surface area contributed by atoms with E-state index < -0.39 is 23.7 Å². The second-order valence-corrected chi connectivity index (χ2v) is 8.29. The zero-order valence-electron chi connectivity index (χ0n) is 14.9. The third-order valence-electron chi connectivity index (χ3n) is 5.80. The van der Waals surface area contributed by atoms with Crippen LogP contribution in [-0.4, -0.2) is 24.3 Å². The van der Waals surface area contributed by atoms with Gasteiger partial charge in [0, 0.05) is 9.89 Å². The molecule has 1 saturated carbocycles. The van der Waals surface area contributed by atoms with Crippen molar-refractivity contribution in [3.05, 3.63) is 33.8 Å². The molecule has 1 aromatic rings. The number of rotatable bonds is 4. The molecular formula is C19H23BrF2N2O2. The molecule has 1 unspecified atom stereocenters. The number of ketones is 1. The maximum Gasteiger partial charge on any atom is 0.345 e. The zero-order valence-corrected chi connectivity index (χ0v) is 16.5. The summed E-state index contributed by atoms with van der Waals surface area (Å²) >= 11 is 3.49. The number of ether oxygens (including phenoxy) is 1. The van der Waals surface area contributed by atoms with Crippen molar-refractivity contribution in [3.63, 3.8) is 0 Å². The van der Waals surface area contributed by atoms with Gasteiger partial charge in [-0.2, -0.15) is 8.78 Å². The van der Waals surface area contributed by atoms with E-state index in [2.05, 4.69) is 20.9 Å². The van der Waals surface area contributed by atoms with E-state index in [-0.39, 0.29) is 5.78 Å². The average molecular weight is 429 g/mol. The van der Waals surface area contributed by atoms with Crippen molar-refractivity contribution in [3.8, 4) is 0 Å². The summed E-state index contributed by atoms with van der Waals surface area (Å²) in [5.74, 6) is 0.283. The number of hydrogen-bond donors (Lipinski definition) is 1. The molecule has 3 rings (SSSR count). The van der Waals surface area contributed by atoms with Gasteiger partial charge in [0.15, 0.2) is 11.3 Å². The Kier molecular flexibility index (Phi) is 5.23. The molecule has 2 aliphatic rings. The van der Waals surface area contributed by atoms with Gasteiger partial charge in [-0.05, 0) is 69.2 Å². The number of benzene rings is 1. The quantitative estimate of drug-likeness (QED) is 0.572. The van der Waals surface area contributed by atoms with Crippen LogP contribution < -0.4 is 5.73 Å². The molecule has 1 atom stereocenters. The van der Waals surface area contributed by atoms with Crippen LogP contribution in [0.15, 0.2) is 27.7 Å². The van der Waals surface area contributed by atoms with E-state index in [1.807, 2.05) is 18.2 Å². The van der Waals surface area contributed by atoms with Gasteiger partial charge in [-0.15, -0.1) is 0 Å². The topological polar surface area (TPSA) is 64.7 Å². The van der Waals surface area contributed by atoms with E-state index in [4.69, 9.17) is 10.5 Å². The standard InChI is InChI=1S/C19H23BrF2N2O2/c1-11(25)19(24-12(2)23)16-9-14(20)4-3-13(16)10-18(19)7-5-15(6-8-18)26-17(21)22/h3-4,9,15,17H,5-8,10H2,1-2H3,(H2,23,24). The lowest BCUT2D eigenvalue weighted by molar-refractivity contribution is -0.178. The SMILES string of the molecule is CC(=O)C1(N=C(C)N)c2cc(Br)ccc2CC12CCC(OC(F)F)CC2. The highest BCUT2D eigenvalue weighted by atomic mass is 79.9. The molecule has 0 heterocycles. The van der Waals surface area contributed by atoms with E-state index in [0.717, 1.165) is 15.6 Å². The number of amidine groups is 1. The molecule has 4 nitrogen and oxygen atoms in total. The first-order valence-corrected chi connectivity index (χ1v) is 9.55. The summed E-state index contributed by atoms with van der Waals surface area (Å²) in [6.45, 7) is 0.457. The molecule has 2 aliphatic carbocycles. The number of carbonyl (C=O) groups excluding carboxylic acids is 1. The van der Waals surface area contributed by atoms with Gasteiger partial charge in [-0.3, -0.25) is 9.79 Å². The fourth-order valence-electron chi connectivity index (χ4n) is 4.87. The first-order chi connectivity index (χ1) is 12.2. The highest BCUT2D eigenvalue weighted by Gasteiger charge is 2.61. The number of Topliss-reactive ketones (excluding diaryl/α,β-unsaturated/α-hetero) is 1. The van der Waals surface area contributed by atoms with Gasteiger partial charge in [-0.1, -0.05) is 22.0 Å². The van der Waals surface area contributed by atoms with Gasteiger partial charge >= 0.3 is 6.61 Å². The van der Waals surface area contributed by atoms with Crippen LogP contribution in [0.1, 0.15) is 50.7 Å². The van der Waals surface area contributed by atoms with Gasteiger partial charge in [0.05, 0.1) is 11.9 Å². The molecule has 1 spiro atoms. The Balaban J connectivity index is 2.08. The van der Waals surface area contributed by atoms with Crippen LogP contribution in [0, 0.1) is 5.41 Å². The number of hydrogen-bond acceptors (Lipinski definition) is 3. The molecule has 1 fully saturated rings. The monoisotopic (exact) mass is 428 g/mol. The fraction of sp³-hybridized carbons (Fsp3) is 0.579. The van der Waals surface area contributed by atoms with E-state index in [0.29, 0.717) is 37.9 Å². The first-order valence-electron chi connectivity index (χ1n) is 8.76. The van der Waals surface area contributed by atoms with Crippen LogP contribution in [0.4, 0.5) is 8.78 Å². The first kappa shape index (κ1) is 19.4. The maximum atomic E-state index is 13.0. The number of alkyl halides is 2. The smallest absolute Gasteiger partial charge is 0.345 e. The molecule has 2 N–H and O–H groups in total. The summed E-state index contributed by atoms with van der Waals surface area (Å²) in [5, 5.41) is 0. The zero-order chi connectivity index (χ0) is 19.1. The molecular weight excluding hydrogens is 406 g/mol. The lowest BCUT2D eigenvalue weighted by Gasteiger charge is -2.46. The number of carbonyl (C=O) groups is 1. The van der Waals surface area contributed by atoms with Crippen LogP contribution in [0.3, 0.4) is 0 Å². The Labute approximate surface area is 160 Å². The van der Waals surface area contributed by atoms with Crippen LogP contribution in [0.25, 0.3) is 0 Å². The summed E-state index contributed by atoms with van der Waals surface area (Å²) in [7, 11) is 0. The minimum atomic E-state index is -2.77. The van der Waals surface area contributed by atoms with Crippen molar-refractivity contribution in [2.45, 2.75) is 64.2 Å². The van der Waals surface area contributed by atoms with Crippen molar-refractivity contribution in [1.82, 2.24) is 0 Å². The van der Waals surface area contributed by atoms with Crippen molar-refractivity contribution in [2.75, 3.05) is 0 Å². The van der Waals surface area contributed by atoms with Crippen LogP contribution in [0.2, 0.25) is 0 Å². The van der Waals surface area contributed by atoms with E-state index in [1.165, 1.54) is 0 Å². The molecule has 0 aliphatic heterocycles. The fourth-order valence-corrected chi connectivity index (χ4v) is 5.23. The Morgan fingerprint density at radius 2 is 2.00 bits per heavy atom. The van der Waals surface area contributed by atoms with Crippen molar-refractivity contribution >= 4 is 27.5 Å². The molecule has 0 aromatic heterocycles. The average Bonchev–Trinajstić information content (AvgIpc) is 2.80. The molecule has 26 heavy (non-hydrogen) atoms. The normalized spacial score (nSPS) is 31.5. The largest absolute Gasteiger partial charge is 0.388 e. The molecule has 0 amide bonds. The Hall–Kier alpha value is -1.34. The lowest BCUT2D eigenvalue weighted by atomic mass is 9.60. The van der Waals surface area contributed by atoms with Crippen molar-refractivity contribution < 1.29 is 18.3 Å². The maximum absolute atomic E-state index is 13.0. The second-order valence-electron chi connectivity index (χ2n) is 7.37. The molecule has 0 bridgehead atoms. The molecule has 142 valence electrons. The van der Waals surface area contributed by atoms with Gasteiger partial charge < -0.3 is 10.5 Å². The number of halogens is 3. The Morgan fingerprint density at radius 3 is 2.54 bits per heavy atom. The van der Waals surface area contributed by atoms with Gasteiger partial charge in [0.2, 0.25) is 0 Å². The van der Waals surface area contributed by atoms with Crippen molar-refractivity contribution in [1.29, 1.82) is 0 Å². The molecule has 7 heteroatoms. The summed E-state index contributed by atoms with van der Waals surface area (Å²) in [6, 6.07) is 5.90. The minimum absolute atomic E-state index is 0.0626. The second kappa shape index (κ2) is 7.00. The van der Waals surface area contributed by atoms with Gasteiger partial charge in [-0.25, -0.2) is 0 Å². The van der Waals surface area contributed by atoms with E-state index in [9.17, 15) is 13.6 Å². The highest BCUT2D eigenvalue weighted by molar-refractivity contribution is 9.10. The summed E-state index contributed by atoms with van der Waals surface area (Å²) in [6.07, 6.45) is 2.35. The third kappa shape index (κ3) is 3.09. The van der Waals surface area contributed by atoms with Crippen molar-refractivity contribution in [2.24, 2.45) is 16.1 Å². The molecule has 1 aromatic carbocycles. The predicted molar refractivity (Wildman–Crippen MR) is 99.3 cm³/mol. The third-order valence-corrected chi connectivity index (χ3v) is 6.29. The minimum Gasteiger partial charge on any atom is -0.388 e. The number of aliphatic imine (C=N–C) groups is 1. The van der Waals surface area contributed by atoms with E-state index in [1.54, 1.807) is 13.8 Å². The van der Waals surface area contributed by atoms with E-state index >= 15 is 0 Å². The van der Waals surface area contributed by atoms with Crippen LogP contribution in [0.5, 0.6) is 0 Å². The molecule has 0 radical (unpaired) electrons. The highest BCUT2D eigenvalue weighted by Crippen LogP contribution is 2.60. The predicted octanol–water partition coefficient (Wildman–Crippen LogP) is 4.33. The number of nitrogens with zero attached hydrogens (tertiary/aromatic N) is 1. The summed E-state index contributed by atoms with van der Waals surface area (Å²) in [4.78, 5) is 17.7. The van der Waals surface area contributed by atoms with Crippen LogP contribution >= 0.6 is 15.9 Å². The van der Waals surface area contributed by atoms with Crippen LogP contribution in [-0.2, 0) is 21.5 Å². The van der Waals surface area contributed by atoms with Gasteiger partial charge in [0.1, 0.15) is 0 Å². The Bertz CT molecular complexity index is 741. The van der Waals surface area contributed by atoms with Gasteiger partial charge in [0.25, 0.3) is 0 Å². The number of fused-ring (bicyclic) bond motifs is 1.